The summed E-state index contributed by atoms with van der Waals surface area (Å²) >= 11 is 7.30. The lowest BCUT2D eigenvalue weighted by Crippen LogP contribution is -1.94. The molecule has 7 aromatic rings. The van der Waals surface area contributed by atoms with Crippen LogP contribution in [0.5, 0.6) is 0 Å². The fourth-order valence-corrected chi connectivity index (χ4v) is 5.76. The molecule has 34 heavy (non-hydrogen) atoms. The third-order valence-corrected chi connectivity index (χ3v) is 7.50. The van der Waals surface area contributed by atoms with Crippen molar-refractivity contribution in [1.82, 2.24) is 4.57 Å². The molecule has 0 aliphatic heterocycles. The van der Waals surface area contributed by atoms with E-state index in [1.165, 1.54) is 21.8 Å². The molecule has 5 aromatic carbocycles. The van der Waals surface area contributed by atoms with E-state index in [0.29, 0.717) is 0 Å². The summed E-state index contributed by atoms with van der Waals surface area (Å²) in [5.74, 6) is 0. The first kappa shape index (κ1) is 20.1. The number of aromatic nitrogens is 1. The van der Waals surface area contributed by atoms with E-state index in [4.69, 9.17) is 4.42 Å². The quantitative estimate of drug-likeness (QED) is 0.203. The number of fused-ring (bicyclic) bond motifs is 6. The molecule has 0 bridgehead atoms. The van der Waals surface area contributed by atoms with Gasteiger partial charge in [0.05, 0.1) is 11.0 Å². The molecule has 2 nitrogen and oxygen atoms in total. The van der Waals surface area contributed by atoms with Gasteiger partial charge in [0.25, 0.3) is 0 Å². The molecular weight excluding hydrogens is 550 g/mol. The van der Waals surface area contributed by atoms with Crippen molar-refractivity contribution >= 4 is 75.6 Å². The molecule has 2 heterocycles. The Kier molecular flexibility index (Phi) is 4.48. The maximum Gasteiger partial charge on any atom is 0.143 e. The average Bonchev–Trinajstić information content (AvgIpc) is 3.39. The zero-order valence-electron chi connectivity index (χ0n) is 17.9. The van der Waals surface area contributed by atoms with Gasteiger partial charge in [-0.25, -0.2) is 0 Å². The van der Waals surface area contributed by atoms with Crippen LogP contribution in [-0.2, 0) is 0 Å². The van der Waals surface area contributed by atoms with Crippen molar-refractivity contribution in [3.05, 3.63) is 112 Å². The molecule has 0 atom stereocenters. The minimum Gasteiger partial charge on any atom is -0.455 e. The fraction of sp³-hybridized carbons (Fsp3) is 0. The van der Waals surface area contributed by atoms with Crippen molar-refractivity contribution in [2.24, 2.45) is 0 Å². The molecule has 0 aliphatic carbocycles. The molecule has 0 radical (unpaired) electrons. The smallest absolute Gasteiger partial charge is 0.143 e. The van der Waals surface area contributed by atoms with Crippen LogP contribution in [0.3, 0.4) is 0 Å². The Morgan fingerprint density at radius 3 is 2.00 bits per heavy atom. The van der Waals surface area contributed by atoms with E-state index in [-0.39, 0.29) is 0 Å². The third-order valence-electron chi connectivity index (χ3n) is 6.51. The molecule has 0 spiro atoms. The fourth-order valence-electron chi connectivity index (χ4n) is 5.03. The lowest BCUT2D eigenvalue weighted by molar-refractivity contribution is 0.670. The number of halogens is 2. The highest BCUT2D eigenvalue weighted by Crippen LogP contribution is 2.38. The molecule has 0 saturated carbocycles. The Hall–Kier alpha value is -3.34. The number of hydrogen-bond acceptors (Lipinski definition) is 1. The van der Waals surface area contributed by atoms with Gasteiger partial charge in [-0.3, -0.25) is 0 Å². The molecule has 0 aliphatic rings. The highest BCUT2D eigenvalue weighted by Gasteiger charge is 2.15. The van der Waals surface area contributed by atoms with Gasteiger partial charge in [-0.05, 0) is 60.2 Å². The van der Waals surface area contributed by atoms with Crippen molar-refractivity contribution in [3.8, 4) is 16.8 Å². The Labute approximate surface area is 212 Å². The van der Waals surface area contributed by atoms with E-state index in [2.05, 4.69) is 127 Å². The number of benzene rings is 5. The average molecular weight is 567 g/mol. The Morgan fingerprint density at radius 2 is 1.24 bits per heavy atom. The largest absolute Gasteiger partial charge is 0.455 e. The van der Waals surface area contributed by atoms with Crippen LogP contribution in [-0.4, -0.2) is 4.57 Å². The summed E-state index contributed by atoms with van der Waals surface area (Å²) in [6.07, 6.45) is 0. The van der Waals surface area contributed by atoms with E-state index in [0.717, 1.165) is 47.7 Å². The molecule has 4 heteroatoms. The van der Waals surface area contributed by atoms with Crippen molar-refractivity contribution in [2.75, 3.05) is 0 Å². The topological polar surface area (TPSA) is 18.1 Å². The monoisotopic (exact) mass is 565 g/mol. The molecule has 0 N–H and O–H groups in total. The van der Waals surface area contributed by atoms with Gasteiger partial charge in [-0.2, -0.15) is 0 Å². The molecule has 7 rings (SSSR count). The molecule has 0 saturated heterocycles. The summed E-state index contributed by atoms with van der Waals surface area (Å²) in [5.41, 5.74) is 7.55. The van der Waals surface area contributed by atoms with Gasteiger partial charge in [0.1, 0.15) is 11.2 Å². The molecule has 0 unspecified atom stereocenters. The number of para-hydroxylation sites is 2. The van der Waals surface area contributed by atoms with Crippen molar-refractivity contribution in [3.63, 3.8) is 0 Å². The second-order valence-corrected chi connectivity index (χ2v) is 10.3. The van der Waals surface area contributed by atoms with Gasteiger partial charge in [0.2, 0.25) is 0 Å². The minimum absolute atomic E-state index is 0.916. The second-order valence-electron chi connectivity index (χ2n) is 8.49. The first-order valence-corrected chi connectivity index (χ1v) is 12.7. The molecule has 2 aromatic heterocycles. The summed E-state index contributed by atoms with van der Waals surface area (Å²) in [4.78, 5) is 0. The lowest BCUT2D eigenvalue weighted by atomic mass is 10.0. The van der Waals surface area contributed by atoms with Crippen LogP contribution in [0.15, 0.2) is 116 Å². The van der Waals surface area contributed by atoms with Gasteiger partial charge in [-0.15, -0.1) is 0 Å². The molecule has 162 valence electrons. The van der Waals surface area contributed by atoms with Gasteiger partial charge in [0, 0.05) is 41.7 Å². The van der Waals surface area contributed by atoms with Crippen molar-refractivity contribution in [2.45, 2.75) is 0 Å². The predicted octanol–water partition coefficient (Wildman–Crippen LogP) is 9.88. The second kappa shape index (κ2) is 7.59. The summed E-state index contributed by atoms with van der Waals surface area (Å²) < 4.78 is 10.8. The highest BCUT2D eigenvalue weighted by atomic mass is 79.9. The van der Waals surface area contributed by atoms with Crippen LogP contribution in [0, 0.1) is 0 Å². The Bertz CT molecular complexity index is 1830. The Morgan fingerprint density at radius 1 is 0.559 bits per heavy atom. The number of rotatable bonds is 2. The van der Waals surface area contributed by atoms with Crippen LogP contribution in [0.4, 0.5) is 0 Å². The van der Waals surface area contributed by atoms with Gasteiger partial charge in [-0.1, -0.05) is 80.4 Å². The Balaban J connectivity index is 1.50. The highest BCUT2D eigenvalue weighted by molar-refractivity contribution is 9.10. The van der Waals surface area contributed by atoms with E-state index < -0.39 is 0 Å². The van der Waals surface area contributed by atoms with Crippen LogP contribution in [0.1, 0.15) is 0 Å². The summed E-state index contributed by atoms with van der Waals surface area (Å²) in [6, 6.07) is 36.3. The first-order chi connectivity index (χ1) is 16.7. The standard InChI is InChI=1S/C30H17Br2NO/c31-19-11-13-27-25(16-19)26-17-20(32)12-14-28(26)33(27)21-6-3-5-18(15-21)22-8-4-9-24-23-7-1-2-10-29(23)34-30(22)24/h1-17H. The zero-order chi connectivity index (χ0) is 22.8. The normalized spacial score (nSPS) is 11.8. The van der Waals surface area contributed by atoms with Gasteiger partial charge < -0.3 is 8.98 Å². The van der Waals surface area contributed by atoms with E-state index in [9.17, 15) is 0 Å². The van der Waals surface area contributed by atoms with Crippen LogP contribution >= 0.6 is 31.9 Å². The summed E-state index contributed by atoms with van der Waals surface area (Å²) in [5, 5.41) is 4.73. The molecule has 0 fully saturated rings. The van der Waals surface area contributed by atoms with E-state index >= 15 is 0 Å². The summed E-state index contributed by atoms with van der Waals surface area (Å²) in [6.45, 7) is 0. The number of nitrogens with zero attached hydrogens (tertiary/aromatic N) is 1. The van der Waals surface area contributed by atoms with Gasteiger partial charge in [0.15, 0.2) is 0 Å². The number of hydrogen-bond donors (Lipinski definition) is 0. The SMILES string of the molecule is Brc1ccc2c(c1)c1cc(Br)ccc1n2-c1cccc(-c2cccc3c2oc2ccccc23)c1. The minimum atomic E-state index is 0.916. The predicted molar refractivity (Wildman–Crippen MR) is 149 cm³/mol. The number of furan rings is 1. The molecular formula is C30H17Br2NO. The maximum absolute atomic E-state index is 6.32. The van der Waals surface area contributed by atoms with E-state index in [1.54, 1.807) is 0 Å². The zero-order valence-corrected chi connectivity index (χ0v) is 21.1. The van der Waals surface area contributed by atoms with Crippen molar-refractivity contribution < 1.29 is 4.42 Å². The van der Waals surface area contributed by atoms with Crippen molar-refractivity contribution in [1.29, 1.82) is 0 Å². The maximum atomic E-state index is 6.32. The lowest BCUT2D eigenvalue weighted by Gasteiger charge is -2.11. The third kappa shape index (κ3) is 2.99. The van der Waals surface area contributed by atoms with Crippen LogP contribution < -0.4 is 0 Å². The first-order valence-electron chi connectivity index (χ1n) is 11.1. The van der Waals surface area contributed by atoms with E-state index in [1.807, 2.05) is 12.1 Å². The van der Waals surface area contributed by atoms with Gasteiger partial charge >= 0.3 is 0 Å². The summed E-state index contributed by atoms with van der Waals surface area (Å²) in [7, 11) is 0. The molecule has 0 amide bonds. The van der Waals surface area contributed by atoms with Crippen LogP contribution in [0.25, 0.3) is 60.6 Å². The van der Waals surface area contributed by atoms with Crippen LogP contribution in [0.2, 0.25) is 0 Å².